The molecule has 0 spiro atoms. The molecule has 4 nitrogen and oxygen atoms in total. The smallest absolute Gasteiger partial charge is 0.252 e. The third kappa shape index (κ3) is 7.82. The highest BCUT2D eigenvalue weighted by atomic mass is 16.3. The van der Waals surface area contributed by atoms with Crippen molar-refractivity contribution in [3.05, 3.63) is 191 Å². The van der Waals surface area contributed by atoms with Crippen molar-refractivity contribution in [2.75, 3.05) is 14.7 Å². The molecule has 0 radical (unpaired) electrons. The molecule has 0 atom stereocenters. The molecule has 0 bridgehead atoms. The third-order valence-corrected chi connectivity index (χ3v) is 20.9. The predicted molar refractivity (Wildman–Crippen MR) is 347 cm³/mol. The van der Waals surface area contributed by atoms with Gasteiger partial charge >= 0.3 is 0 Å². The summed E-state index contributed by atoms with van der Waals surface area (Å²) in [5, 5.41) is 2.36. The monoisotopic (exact) mass is 1060 g/mol. The van der Waals surface area contributed by atoms with Gasteiger partial charge in [-0.1, -0.05) is 183 Å². The average molecular weight is 1060 g/mol. The summed E-state index contributed by atoms with van der Waals surface area (Å²) in [6.45, 7) is 36.8. The minimum Gasteiger partial charge on any atom is -0.454 e. The van der Waals surface area contributed by atoms with Crippen molar-refractivity contribution < 1.29 is 4.42 Å². The lowest BCUT2D eigenvalue weighted by Gasteiger charge is -2.49. The topological polar surface area (TPSA) is 22.9 Å². The maximum atomic E-state index is 7.38. The van der Waals surface area contributed by atoms with Gasteiger partial charge in [-0.15, -0.1) is 0 Å². The zero-order valence-electron chi connectivity index (χ0n) is 51.0. The third-order valence-electron chi connectivity index (χ3n) is 20.9. The van der Waals surface area contributed by atoms with E-state index >= 15 is 0 Å². The molecule has 410 valence electrons. The Morgan fingerprint density at radius 2 is 0.852 bits per heavy atom. The molecule has 1 aromatic heterocycles. The number of para-hydroxylation sites is 3. The fraction of sp³-hybridized carbons (Fsp3) is 0.368. The van der Waals surface area contributed by atoms with Crippen molar-refractivity contribution in [1.29, 1.82) is 0 Å². The molecule has 9 aromatic rings. The zero-order valence-corrected chi connectivity index (χ0v) is 51.0. The summed E-state index contributed by atoms with van der Waals surface area (Å²) in [7, 11) is 0. The van der Waals surface area contributed by atoms with Crippen LogP contribution in [0.3, 0.4) is 0 Å². The second kappa shape index (κ2) is 17.3. The van der Waals surface area contributed by atoms with E-state index in [1.54, 1.807) is 0 Å². The van der Waals surface area contributed by atoms with E-state index in [1.165, 1.54) is 95.6 Å². The quantitative estimate of drug-likeness (QED) is 0.160. The molecule has 3 heterocycles. The van der Waals surface area contributed by atoms with E-state index in [0.717, 1.165) is 71.4 Å². The SMILES string of the molecule is CC(C)(C)c1ccc(N2c3cc4c(cc3B3c5cc6c(cc5N(c5ccc7c(c5)C(C)(C)CCC7(C)C)c5cc(N(c7ccccc7)c7ccccc7)cc2c53)C(C)(C)CCC6(C)C)C(C)(C)CCC4(C)C)c2oc3ccccc3c12. The lowest BCUT2D eigenvalue weighted by atomic mass is 9.32. The van der Waals surface area contributed by atoms with E-state index in [4.69, 9.17) is 4.42 Å². The van der Waals surface area contributed by atoms with Crippen LogP contribution in [-0.2, 0) is 37.9 Å². The zero-order chi connectivity index (χ0) is 56.7. The van der Waals surface area contributed by atoms with Gasteiger partial charge in [0.05, 0.1) is 11.4 Å². The minimum absolute atomic E-state index is 0.00191. The van der Waals surface area contributed by atoms with E-state index in [-0.39, 0.29) is 44.6 Å². The molecule has 0 saturated heterocycles. The van der Waals surface area contributed by atoms with E-state index in [2.05, 4.69) is 270 Å². The van der Waals surface area contributed by atoms with Crippen LogP contribution in [0.1, 0.15) is 181 Å². The van der Waals surface area contributed by atoms with Gasteiger partial charge in [0, 0.05) is 50.6 Å². The maximum Gasteiger partial charge on any atom is 0.252 e. The van der Waals surface area contributed by atoms with Gasteiger partial charge in [0.15, 0.2) is 5.58 Å². The standard InChI is InChI=1S/C76H82BN3O/c1-70(2,3)53-32-33-61(69-67(53)51-28-22-23-29-66(51)81-69)80-63-46-58-56(74(10,11)37-39-76(58,14)15)44-60(63)77-59-43-55-57(75(12,13)38-36-73(55,8)9)45-62(59)79(49-30-31-52-54(40-49)72(6,7)35-34-71(52,4)5)64-41-50(42-65(80)68(64)77)78(47-24-18-16-19-25-47)48-26-20-17-21-27-48/h16-33,40-46H,34-39H2,1-15H3. The van der Waals surface area contributed by atoms with Gasteiger partial charge in [-0.3, -0.25) is 0 Å². The molecule has 81 heavy (non-hydrogen) atoms. The van der Waals surface area contributed by atoms with Crippen LogP contribution in [0.5, 0.6) is 0 Å². The van der Waals surface area contributed by atoms with Crippen LogP contribution in [0.2, 0.25) is 0 Å². The van der Waals surface area contributed by atoms with Crippen molar-refractivity contribution in [2.45, 2.75) is 180 Å². The molecule has 5 aliphatic rings. The Labute approximate surface area is 483 Å². The second-order valence-corrected chi connectivity index (χ2v) is 30.1. The highest BCUT2D eigenvalue weighted by molar-refractivity contribution is 7.00. The molecule has 0 N–H and O–H groups in total. The Morgan fingerprint density at radius 3 is 1.37 bits per heavy atom. The molecular formula is C76H82BN3O. The number of hydrogen-bond donors (Lipinski definition) is 0. The fourth-order valence-electron chi connectivity index (χ4n) is 15.7. The number of hydrogen-bond acceptors (Lipinski definition) is 4. The van der Waals surface area contributed by atoms with Crippen LogP contribution in [0, 0.1) is 0 Å². The summed E-state index contributed by atoms with van der Waals surface area (Å²) in [6, 6.07) is 59.1. The van der Waals surface area contributed by atoms with Crippen LogP contribution in [0.15, 0.2) is 156 Å². The average Bonchev–Trinajstić information content (AvgIpc) is 2.56. The number of benzene rings is 8. The molecule has 0 saturated carbocycles. The van der Waals surface area contributed by atoms with Crippen LogP contribution in [0.4, 0.5) is 51.2 Å². The Kier molecular flexibility index (Phi) is 11.1. The van der Waals surface area contributed by atoms with Gasteiger partial charge in [-0.05, 0) is 205 Å². The Balaban J connectivity index is 1.19. The van der Waals surface area contributed by atoms with Crippen LogP contribution < -0.4 is 31.1 Å². The van der Waals surface area contributed by atoms with Crippen molar-refractivity contribution in [2.24, 2.45) is 0 Å². The maximum absolute atomic E-state index is 7.38. The number of nitrogens with zero attached hydrogens (tertiary/aromatic N) is 3. The molecule has 3 aliphatic carbocycles. The van der Waals surface area contributed by atoms with Gasteiger partial charge in [-0.2, -0.15) is 0 Å². The van der Waals surface area contributed by atoms with Crippen molar-refractivity contribution in [3.63, 3.8) is 0 Å². The van der Waals surface area contributed by atoms with E-state index in [0.29, 0.717) is 0 Å². The molecule has 0 amide bonds. The normalized spacial score (nSPS) is 19.3. The Bertz CT molecular complexity index is 4030. The van der Waals surface area contributed by atoms with E-state index in [1.807, 2.05) is 0 Å². The fourth-order valence-corrected chi connectivity index (χ4v) is 15.7. The lowest BCUT2D eigenvalue weighted by Crippen LogP contribution is -2.62. The van der Waals surface area contributed by atoms with E-state index < -0.39 is 0 Å². The van der Waals surface area contributed by atoms with Crippen LogP contribution >= 0.6 is 0 Å². The Hall–Kier alpha value is -6.98. The predicted octanol–water partition coefficient (Wildman–Crippen LogP) is 19.5. The number of furan rings is 1. The van der Waals surface area contributed by atoms with Crippen molar-refractivity contribution in [3.8, 4) is 0 Å². The number of fused-ring (bicyclic) bond motifs is 10. The highest BCUT2D eigenvalue weighted by Crippen LogP contribution is 2.57. The number of rotatable bonds is 5. The van der Waals surface area contributed by atoms with Crippen LogP contribution in [-0.4, -0.2) is 6.71 Å². The minimum atomic E-state index is -0.141. The molecular weight excluding hydrogens is 982 g/mol. The molecule has 2 aliphatic heterocycles. The molecule has 14 rings (SSSR count). The largest absolute Gasteiger partial charge is 0.454 e. The summed E-state index contributed by atoms with van der Waals surface area (Å²) < 4.78 is 7.38. The van der Waals surface area contributed by atoms with Crippen LogP contribution in [0.25, 0.3) is 21.9 Å². The summed E-state index contributed by atoms with van der Waals surface area (Å²) >= 11 is 0. The summed E-state index contributed by atoms with van der Waals surface area (Å²) in [5.74, 6) is 0. The summed E-state index contributed by atoms with van der Waals surface area (Å²) in [5.41, 5.74) is 26.5. The van der Waals surface area contributed by atoms with Crippen molar-refractivity contribution in [1.82, 2.24) is 0 Å². The first-order valence-corrected chi connectivity index (χ1v) is 30.4. The Morgan fingerprint density at radius 1 is 0.407 bits per heavy atom. The molecule has 0 fully saturated rings. The molecule has 0 unspecified atom stereocenters. The number of anilines is 9. The highest BCUT2D eigenvalue weighted by Gasteiger charge is 2.50. The first kappa shape index (κ1) is 52.1. The first-order chi connectivity index (χ1) is 38.3. The molecule has 8 aromatic carbocycles. The van der Waals surface area contributed by atoms with Gasteiger partial charge in [-0.25, -0.2) is 0 Å². The van der Waals surface area contributed by atoms with Gasteiger partial charge < -0.3 is 19.1 Å². The lowest BCUT2D eigenvalue weighted by molar-refractivity contribution is 0.332. The second-order valence-electron chi connectivity index (χ2n) is 30.1. The van der Waals surface area contributed by atoms with E-state index in [9.17, 15) is 0 Å². The van der Waals surface area contributed by atoms with Gasteiger partial charge in [0.2, 0.25) is 0 Å². The van der Waals surface area contributed by atoms with Crippen molar-refractivity contribution >= 4 is 96.2 Å². The van der Waals surface area contributed by atoms with Gasteiger partial charge in [0.25, 0.3) is 6.71 Å². The van der Waals surface area contributed by atoms with Gasteiger partial charge in [0.1, 0.15) is 5.58 Å². The summed E-state index contributed by atoms with van der Waals surface area (Å²) in [4.78, 5) is 7.89. The summed E-state index contributed by atoms with van der Waals surface area (Å²) in [6.07, 6.45) is 6.87. The first-order valence-electron chi connectivity index (χ1n) is 30.4. The molecule has 5 heteroatoms.